The number of halogens is 1. The van der Waals surface area contributed by atoms with E-state index in [9.17, 15) is 0 Å². The van der Waals surface area contributed by atoms with Crippen molar-refractivity contribution in [1.82, 2.24) is 10.2 Å². The number of benzene rings is 1. The second-order valence-electron chi connectivity index (χ2n) is 3.51. The molecule has 1 aliphatic heterocycles. The smallest absolute Gasteiger partial charge is 0.314 e. The second kappa shape index (κ2) is 8.53. The molecule has 7 radical (unpaired) electrons. The zero-order chi connectivity index (χ0) is 10.9. The average molecular weight is 280 g/mol. The minimum atomic E-state index is 1.10. The standard InChI is InChI=1S/C11H16N2.BrH.Mg/c1-2-4-11(5-3-1)10-13-8-6-12-7-9-13;;/h1-5,12H,6-10H2;1H;/q;;+3/p-1. The van der Waals surface area contributed by atoms with Crippen LogP contribution in [0, 0.1) is 0 Å². The van der Waals surface area contributed by atoms with E-state index < -0.39 is 0 Å². The van der Waals surface area contributed by atoms with Crippen LogP contribution >= 0.6 is 12.9 Å². The normalized spacial score (nSPS) is 16.7. The highest BCUT2D eigenvalue weighted by Gasteiger charge is 2.13. The lowest BCUT2D eigenvalue weighted by atomic mass is 10.2. The fraction of sp³-hybridized carbons (Fsp3) is 0.455. The molecule has 0 bridgehead atoms. The Morgan fingerprint density at radius 1 is 1.13 bits per heavy atom. The van der Waals surface area contributed by atoms with Gasteiger partial charge in [-0.2, -0.15) is 0 Å². The van der Waals surface area contributed by atoms with E-state index >= 15 is 0 Å². The first kappa shape index (κ1) is 13.5. The van der Waals surface area contributed by atoms with Gasteiger partial charge in [0.25, 0.3) is 0 Å². The molecule has 0 atom stereocenters. The number of piperazine rings is 1. The molecule has 1 aromatic carbocycles. The monoisotopic (exact) mass is 279 g/mol. The molecule has 1 aromatic rings. The molecule has 0 amide bonds. The molecule has 2 rings (SSSR count). The number of nitrogens with one attached hydrogen (secondary N) is 1. The Balaban J connectivity index is 0.000000531. The Morgan fingerprint density at radius 2 is 1.73 bits per heavy atom. The summed E-state index contributed by atoms with van der Waals surface area (Å²) in [5.41, 5.74) is 1.42. The van der Waals surface area contributed by atoms with Crippen molar-refractivity contribution in [2.45, 2.75) is 6.54 Å². The molecule has 77 valence electrons. The van der Waals surface area contributed by atoms with E-state index in [0.717, 1.165) is 19.6 Å². The molecule has 0 unspecified atom stereocenters. The number of hydrogen-bond donors (Lipinski definition) is 1. The maximum atomic E-state index is 3.36. The molecule has 0 saturated carbocycles. The predicted molar refractivity (Wildman–Crippen MR) is 69.3 cm³/mol. The Hall–Kier alpha value is 0.386. The Bertz CT molecular complexity index is 250. The van der Waals surface area contributed by atoms with Gasteiger partial charge in [-0.25, -0.2) is 0 Å². The van der Waals surface area contributed by atoms with Gasteiger partial charge in [-0.3, -0.25) is 4.90 Å². The van der Waals surface area contributed by atoms with Crippen LogP contribution in [0.3, 0.4) is 0 Å². The van der Waals surface area contributed by atoms with Crippen LogP contribution in [-0.2, 0) is 6.54 Å². The SMILES string of the molecule is [Mg+2][Br].c1ccc(CN2CCNCC2)cc1. The third-order valence-corrected chi connectivity index (χ3v) is 2.46. The molecule has 0 aromatic heterocycles. The average Bonchev–Trinajstić information content (AvgIpc) is 2.34. The van der Waals surface area contributed by atoms with E-state index in [4.69, 9.17) is 0 Å². The summed E-state index contributed by atoms with van der Waals surface area (Å²) < 4.78 is 0. The van der Waals surface area contributed by atoms with Crippen LogP contribution in [0.2, 0.25) is 0 Å². The molecule has 0 spiro atoms. The van der Waals surface area contributed by atoms with Crippen molar-refractivity contribution >= 4 is 32.4 Å². The number of hydrogen-bond acceptors (Lipinski definition) is 2. The fourth-order valence-electron chi connectivity index (χ4n) is 1.71. The summed E-state index contributed by atoms with van der Waals surface area (Å²) in [5.74, 6) is 0. The fourth-order valence-corrected chi connectivity index (χ4v) is 1.71. The van der Waals surface area contributed by atoms with Crippen molar-refractivity contribution in [3.05, 3.63) is 35.9 Å². The minimum absolute atomic E-state index is 1.10. The highest BCUT2D eigenvalue weighted by molar-refractivity contribution is 9.22. The van der Waals surface area contributed by atoms with Gasteiger partial charge in [0.1, 0.15) is 0 Å². The zero-order valence-electron chi connectivity index (χ0n) is 8.95. The first-order chi connectivity index (χ1) is 7.45. The van der Waals surface area contributed by atoms with E-state index in [-0.39, 0.29) is 0 Å². The van der Waals surface area contributed by atoms with Crippen LogP contribution < -0.4 is 5.32 Å². The van der Waals surface area contributed by atoms with Crippen LogP contribution in [-0.4, -0.2) is 50.6 Å². The van der Waals surface area contributed by atoms with Crippen molar-refractivity contribution in [3.63, 3.8) is 0 Å². The van der Waals surface area contributed by atoms with Crippen LogP contribution in [0.1, 0.15) is 5.56 Å². The van der Waals surface area contributed by atoms with Crippen molar-refractivity contribution in [3.8, 4) is 0 Å². The number of rotatable bonds is 2. The van der Waals surface area contributed by atoms with E-state index in [2.05, 4.69) is 53.4 Å². The Morgan fingerprint density at radius 3 is 2.33 bits per heavy atom. The van der Waals surface area contributed by atoms with Gasteiger partial charge in [0.2, 0.25) is 0 Å². The van der Waals surface area contributed by atoms with Crippen molar-refractivity contribution in [2.75, 3.05) is 26.2 Å². The summed E-state index contributed by atoms with van der Waals surface area (Å²) in [4.78, 5) is 2.49. The van der Waals surface area contributed by atoms with Crippen LogP contribution in [0.5, 0.6) is 0 Å². The molecule has 15 heavy (non-hydrogen) atoms. The summed E-state index contributed by atoms with van der Waals surface area (Å²) in [6.07, 6.45) is 0. The van der Waals surface area contributed by atoms with E-state index in [1.165, 1.54) is 18.7 Å². The molecular formula is C11H16BrMgN2+2. The van der Waals surface area contributed by atoms with Crippen molar-refractivity contribution in [1.29, 1.82) is 0 Å². The lowest BCUT2D eigenvalue weighted by molar-refractivity contribution is 0.233. The second-order valence-corrected chi connectivity index (χ2v) is 3.51. The Kier molecular flexibility index (Phi) is 7.65. The third-order valence-electron chi connectivity index (χ3n) is 2.46. The van der Waals surface area contributed by atoms with Crippen molar-refractivity contribution < 1.29 is 0 Å². The molecule has 4 heteroatoms. The van der Waals surface area contributed by atoms with Crippen LogP contribution in [0.25, 0.3) is 0 Å². The summed E-state index contributed by atoms with van der Waals surface area (Å²) in [6.45, 7) is 5.71. The minimum Gasteiger partial charge on any atom is -0.314 e. The molecule has 2 nitrogen and oxygen atoms in total. The highest BCUT2D eigenvalue weighted by atomic mass is 79.9. The molecule has 1 heterocycles. The van der Waals surface area contributed by atoms with E-state index in [1.807, 2.05) is 0 Å². The summed E-state index contributed by atoms with van der Waals surface area (Å²) in [7, 11) is 0. The summed E-state index contributed by atoms with van der Waals surface area (Å²) >= 11 is 4.64. The largest absolute Gasteiger partial charge is 1.52 e. The maximum Gasteiger partial charge on any atom is 1.52 e. The topological polar surface area (TPSA) is 15.3 Å². The van der Waals surface area contributed by atoms with Gasteiger partial charge in [-0.1, -0.05) is 30.3 Å². The molecule has 1 saturated heterocycles. The van der Waals surface area contributed by atoms with Gasteiger partial charge in [0.05, 0.1) is 0 Å². The first-order valence-electron chi connectivity index (χ1n) is 5.19. The zero-order valence-corrected chi connectivity index (χ0v) is 12.0. The van der Waals surface area contributed by atoms with Gasteiger partial charge in [-0.15, -0.1) is 0 Å². The van der Waals surface area contributed by atoms with Gasteiger partial charge in [-0.05, 0) is 5.56 Å². The van der Waals surface area contributed by atoms with Crippen molar-refractivity contribution in [2.24, 2.45) is 0 Å². The molecule has 1 fully saturated rings. The molecule has 1 N–H and O–H groups in total. The van der Waals surface area contributed by atoms with Crippen LogP contribution in [0.4, 0.5) is 0 Å². The van der Waals surface area contributed by atoms with Gasteiger partial charge < -0.3 is 5.32 Å². The first-order valence-corrected chi connectivity index (χ1v) is 9.09. The third kappa shape index (κ3) is 5.31. The number of nitrogens with zero attached hydrogens (tertiary/aromatic N) is 1. The lowest BCUT2D eigenvalue weighted by Crippen LogP contribution is -2.42. The van der Waals surface area contributed by atoms with E-state index in [1.54, 1.807) is 19.5 Å². The van der Waals surface area contributed by atoms with Gasteiger partial charge >= 0.3 is 32.4 Å². The van der Waals surface area contributed by atoms with Gasteiger partial charge in [0.15, 0.2) is 0 Å². The molecular weight excluding hydrogens is 264 g/mol. The predicted octanol–water partition coefficient (Wildman–Crippen LogP) is 1.56. The highest BCUT2D eigenvalue weighted by Crippen LogP contribution is 2.04. The summed E-state index contributed by atoms with van der Waals surface area (Å²) in [6, 6.07) is 10.7. The lowest BCUT2D eigenvalue weighted by Gasteiger charge is -2.27. The quantitative estimate of drug-likeness (QED) is 0.827. The maximum absolute atomic E-state index is 3.36. The van der Waals surface area contributed by atoms with Crippen LogP contribution in [0.15, 0.2) is 30.3 Å². The summed E-state index contributed by atoms with van der Waals surface area (Å²) in [5, 5.41) is 3.36. The molecule has 1 aliphatic rings. The van der Waals surface area contributed by atoms with E-state index in [0.29, 0.717) is 0 Å². The Labute approximate surface area is 111 Å². The molecule has 0 aliphatic carbocycles. The van der Waals surface area contributed by atoms with Gasteiger partial charge in [0, 0.05) is 32.7 Å².